The zero-order valence-corrected chi connectivity index (χ0v) is 14.9. The standard InChI is InChI=1S/C21H18N2O5/c1-3-10-7-12-15(13(24)8-10)17-18(19(12)23-22)21(26)16-11(20(17)25)5-4-6-14(16)28-9-27-2/h4-6,10H,3,7-9H2,1-2H3/i1D3,3D2. The predicted molar refractivity (Wildman–Crippen MR) is 99.9 cm³/mol. The third-order valence-electron chi connectivity index (χ3n) is 5.07. The number of benzene rings is 1. The van der Waals surface area contributed by atoms with E-state index in [-0.39, 0.29) is 56.7 Å². The fraction of sp³-hybridized carbons (Fsp3) is 0.333. The molecule has 3 aliphatic carbocycles. The Morgan fingerprint density at radius 1 is 1.25 bits per heavy atom. The minimum Gasteiger partial charge on any atom is -0.467 e. The number of hydrogen-bond donors (Lipinski definition) is 0. The molecule has 4 rings (SSSR count). The summed E-state index contributed by atoms with van der Waals surface area (Å²) in [5, 5.41) is -0.883. The van der Waals surface area contributed by atoms with Crippen LogP contribution in [0.25, 0.3) is 16.3 Å². The molecule has 0 saturated heterocycles. The molecular formula is C21H18N2O5. The number of nitrogens with zero attached hydrogens (tertiary/aromatic N) is 2. The number of carbonyl (C=O) groups excluding carboxylic acids is 1. The summed E-state index contributed by atoms with van der Waals surface area (Å²) in [7, 11) is 1.38. The highest BCUT2D eigenvalue weighted by Crippen LogP contribution is 2.28. The normalized spacial score (nSPS) is 20.0. The SMILES string of the molecule is [2H]C([2H])([2H])C([2H])([2H])C1CC(=O)c2c(c(=[N+]=[N-])c3c(=O)c4c(OCOC)cccc4c(=O)c2=3)C1. The maximum absolute atomic E-state index is 13.5. The molecule has 7 nitrogen and oxygen atoms in total. The molecule has 1 aromatic carbocycles. The number of ketones is 1. The summed E-state index contributed by atoms with van der Waals surface area (Å²) in [6, 6.07) is 4.39. The van der Waals surface area contributed by atoms with Gasteiger partial charge < -0.3 is 15.0 Å². The largest absolute Gasteiger partial charge is 0.467 e. The van der Waals surface area contributed by atoms with Crippen molar-refractivity contribution in [1.82, 2.24) is 0 Å². The highest BCUT2D eigenvalue weighted by Gasteiger charge is 2.34. The molecule has 0 aromatic heterocycles. The summed E-state index contributed by atoms with van der Waals surface area (Å²) in [6.45, 7) is -3.20. The van der Waals surface area contributed by atoms with Gasteiger partial charge in [-0.1, -0.05) is 25.4 Å². The van der Waals surface area contributed by atoms with Crippen LogP contribution in [0.4, 0.5) is 0 Å². The van der Waals surface area contributed by atoms with Crippen LogP contribution in [0.2, 0.25) is 0 Å². The van der Waals surface area contributed by atoms with Gasteiger partial charge in [-0.2, -0.15) is 4.79 Å². The number of ether oxygens (including phenoxy) is 2. The Labute approximate surface area is 166 Å². The van der Waals surface area contributed by atoms with Gasteiger partial charge in [-0.05, 0) is 18.4 Å². The zero-order chi connectivity index (χ0) is 24.3. The summed E-state index contributed by atoms with van der Waals surface area (Å²) in [4.78, 5) is 43.1. The first-order valence-electron chi connectivity index (χ1n) is 11.0. The van der Waals surface area contributed by atoms with Gasteiger partial charge in [-0.25, -0.2) is 0 Å². The average Bonchev–Trinajstić information content (AvgIpc) is 3.10. The van der Waals surface area contributed by atoms with E-state index in [0.717, 1.165) is 0 Å². The Bertz CT molecular complexity index is 1550. The molecule has 3 aliphatic rings. The second-order valence-electron chi connectivity index (χ2n) is 6.61. The highest BCUT2D eigenvalue weighted by molar-refractivity contribution is 6.00. The van der Waals surface area contributed by atoms with Crippen LogP contribution in [0.15, 0.2) is 27.8 Å². The van der Waals surface area contributed by atoms with E-state index in [1.54, 1.807) is 0 Å². The molecular weight excluding hydrogens is 360 g/mol. The maximum Gasteiger partial charge on any atom is 0.331 e. The molecule has 1 aromatic rings. The molecule has 1 atom stereocenters. The third-order valence-corrected chi connectivity index (χ3v) is 5.07. The Morgan fingerprint density at radius 3 is 2.79 bits per heavy atom. The molecule has 0 heterocycles. The molecule has 0 amide bonds. The molecule has 7 heteroatoms. The number of carbonyl (C=O) groups is 1. The number of methoxy groups -OCH3 is 1. The van der Waals surface area contributed by atoms with Crippen LogP contribution < -0.4 is 21.0 Å². The van der Waals surface area contributed by atoms with Gasteiger partial charge in [0.1, 0.15) is 11.0 Å². The van der Waals surface area contributed by atoms with Crippen molar-refractivity contribution in [2.45, 2.75) is 26.1 Å². The van der Waals surface area contributed by atoms with Crippen LogP contribution in [-0.2, 0) is 11.2 Å². The lowest BCUT2D eigenvalue weighted by atomic mass is 9.83. The van der Waals surface area contributed by atoms with Crippen LogP contribution in [-0.4, -0.2) is 24.5 Å². The second-order valence-corrected chi connectivity index (χ2v) is 6.61. The predicted octanol–water partition coefficient (Wildman–Crippen LogP) is 1.43. The molecule has 0 N–H and O–H groups in total. The molecule has 0 fully saturated rings. The fourth-order valence-corrected chi connectivity index (χ4v) is 3.93. The molecule has 142 valence electrons. The van der Waals surface area contributed by atoms with Gasteiger partial charge in [-0.3, -0.25) is 14.4 Å². The van der Waals surface area contributed by atoms with Gasteiger partial charge in [-0.15, -0.1) is 0 Å². The van der Waals surface area contributed by atoms with E-state index in [1.165, 1.54) is 25.3 Å². The van der Waals surface area contributed by atoms with Gasteiger partial charge in [0.05, 0.1) is 16.2 Å². The Balaban J connectivity index is 2.11. The van der Waals surface area contributed by atoms with Crippen LogP contribution in [0.3, 0.4) is 0 Å². The zero-order valence-electron chi connectivity index (χ0n) is 19.9. The van der Waals surface area contributed by atoms with Crippen molar-refractivity contribution in [3.63, 3.8) is 0 Å². The number of rotatable bonds is 4. The van der Waals surface area contributed by atoms with E-state index in [2.05, 4.69) is 4.79 Å². The van der Waals surface area contributed by atoms with Gasteiger partial charge in [0, 0.05) is 31.3 Å². The number of hydrogen-bond acceptors (Lipinski definition) is 5. The summed E-state index contributed by atoms with van der Waals surface area (Å²) in [5.74, 6) is -1.87. The summed E-state index contributed by atoms with van der Waals surface area (Å²) in [6.07, 6.45) is -3.48. The summed E-state index contributed by atoms with van der Waals surface area (Å²) in [5.41, 5.74) is 8.26. The minimum absolute atomic E-state index is 0.00568. The number of fused-ring (bicyclic) bond motifs is 3. The maximum atomic E-state index is 13.5. The fourth-order valence-electron chi connectivity index (χ4n) is 3.93. The monoisotopic (exact) mass is 383 g/mol. The van der Waals surface area contributed by atoms with E-state index in [0.29, 0.717) is 0 Å². The Morgan fingerprint density at radius 2 is 2.07 bits per heavy atom. The van der Waals surface area contributed by atoms with Crippen molar-refractivity contribution in [3.05, 3.63) is 71.1 Å². The molecule has 28 heavy (non-hydrogen) atoms. The first kappa shape index (κ1) is 13.1. The molecule has 0 spiro atoms. The van der Waals surface area contributed by atoms with Crippen molar-refractivity contribution in [2.75, 3.05) is 13.9 Å². The van der Waals surface area contributed by atoms with Crippen molar-refractivity contribution < 1.29 is 25.9 Å². The van der Waals surface area contributed by atoms with Crippen LogP contribution in [0.5, 0.6) is 5.75 Å². The van der Waals surface area contributed by atoms with Crippen molar-refractivity contribution in [3.8, 4) is 5.75 Å². The molecule has 0 saturated carbocycles. The van der Waals surface area contributed by atoms with Crippen molar-refractivity contribution >= 4 is 16.6 Å². The smallest absolute Gasteiger partial charge is 0.331 e. The highest BCUT2D eigenvalue weighted by atomic mass is 16.7. The van der Waals surface area contributed by atoms with E-state index in [9.17, 15) is 19.9 Å². The topological polar surface area (TPSA) is 106 Å². The lowest BCUT2D eigenvalue weighted by Crippen LogP contribution is -2.24. The van der Waals surface area contributed by atoms with E-state index < -0.39 is 42.2 Å². The lowest BCUT2D eigenvalue weighted by molar-refractivity contribution is -0.0675. The summed E-state index contributed by atoms with van der Waals surface area (Å²) >= 11 is 0. The van der Waals surface area contributed by atoms with Gasteiger partial charge in [0.15, 0.2) is 18.0 Å². The lowest BCUT2D eigenvalue weighted by Gasteiger charge is -2.18. The van der Waals surface area contributed by atoms with Gasteiger partial charge in [0.2, 0.25) is 5.43 Å². The first-order valence-corrected chi connectivity index (χ1v) is 8.53. The van der Waals surface area contributed by atoms with E-state index in [1.807, 2.05) is 0 Å². The Kier molecular flexibility index (Phi) is 3.17. The average molecular weight is 383 g/mol. The van der Waals surface area contributed by atoms with E-state index in [4.69, 9.17) is 16.3 Å². The third kappa shape index (κ3) is 2.44. The number of Topliss-reactive ketones (excluding diaryl/α,β-unsaturated/α-hetero) is 1. The quantitative estimate of drug-likeness (QED) is 0.385. The van der Waals surface area contributed by atoms with Crippen LogP contribution in [0.1, 0.15) is 42.4 Å². The van der Waals surface area contributed by atoms with Crippen LogP contribution in [0, 0.1) is 16.4 Å². The molecule has 0 radical (unpaired) electrons. The second kappa shape index (κ2) is 6.78. The van der Waals surface area contributed by atoms with Crippen molar-refractivity contribution in [2.24, 2.45) is 5.92 Å². The minimum atomic E-state index is -3.01. The van der Waals surface area contributed by atoms with Crippen molar-refractivity contribution in [1.29, 1.82) is 0 Å². The molecule has 0 bridgehead atoms. The molecule has 0 aliphatic heterocycles. The van der Waals surface area contributed by atoms with Crippen LogP contribution >= 0.6 is 0 Å². The summed E-state index contributed by atoms with van der Waals surface area (Å²) < 4.78 is 49.0. The Hall–Kier alpha value is -3.15. The first-order chi connectivity index (χ1) is 15.5. The van der Waals surface area contributed by atoms with Gasteiger partial charge >= 0.3 is 5.36 Å². The van der Waals surface area contributed by atoms with Gasteiger partial charge in [0.25, 0.3) is 0 Å². The molecule has 1 unspecified atom stereocenters. The van der Waals surface area contributed by atoms with E-state index >= 15 is 0 Å².